The summed E-state index contributed by atoms with van der Waals surface area (Å²) in [5.74, 6) is -0.162. The lowest BCUT2D eigenvalue weighted by molar-refractivity contribution is 0.217. The molecule has 0 aromatic rings. The van der Waals surface area contributed by atoms with Crippen LogP contribution in [0.1, 0.15) is 0 Å². The summed E-state index contributed by atoms with van der Waals surface area (Å²) >= 11 is 5.30. The highest BCUT2D eigenvalue weighted by atomic mass is 35.5. The van der Waals surface area contributed by atoms with Crippen molar-refractivity contribution >= 4 is 21.6 Å². The molecule has 13 heavy (non-hydrogen) atoms. The molecule has 80 valence electrons. The van der Waals surface area contributed by atoms with Crippen molar-refractivity contribution in [2.45, 2.75) is 0 Å². The van der Waals surface area contributed by atoms with Crippen LogP contribution in [0, 0.1) is 0 Å². The highest BCUT2D eigenvalue weighted by Gasteiger charge is 2.19. The van der Waals surface area contributed by atoms with E-state index in [4.69, 9.17) is 21.8 Å². The number of hydrogen-bond donors (Lipinski definition) is 2. The first-order valence-corrected chi connectivity index (χ1v) is 5.98. The molecule has 0 fully saturated rings. The van der Waals surface area contributed by atoms with E-state index in [1.165, 1.54) is 0 Å². The molecule has 0 saturated carbocycles. The minimum absolute atomic E-state index is 0.000216. The van der Waals surface area contributed by atoms with E-state index in [0.29, 0.717) is 0 Å². The molecule has 0 atom stereocenters. The van der Waals surface area contributed by atoms with Gasteiger partial charge >= 0.3 is 0 Å². The molecular formula is C6H14ClNO4S. The lowest BCUT2D eigenvalue weighted by Crippen LogP contribution is -2.37. The van der Waals surface area contributed by atoms with Gasteiger partial charge in [0.15, 0.2) is 0 Å². The van der Waals surface area contributed by atoms with Gasteiger partial charge in [0.1, 0.15) is 0 Å². The van der Waals surface area contributed by atoms with Crippen LogP contribution in [0.15, 0.2) is 0 Å². The summed E-state index contributed by atoms with van der Waals surface area (Å²) in [6.45, 7) is -0.525. The zero-order valence-electron chi connectivity index (χ0n) is 7.19. The smallest absolute Gasteiger partial charge is 0.215 e. The Morgan fingerprint density at radius 3 is 1.92 bits per heavy atom. The standard InChI is InChI=1S/C6H14ClNO4S/c7-1-6-13(11,12)8(2-4-9)3-5-10/h9-10H,1-6H2. The number of aliphatic hydroxyl groups is 2. The fourth-order valence-corrected chi connectivity index (χ4v) is 2.60. The molecule has 0 amide bonds. The third-order valence-corrected chi connectivity index (χ3v) is 3.71. The summed E-state index contributed by atoms with van der Waals surface area (Å²) in [6.07, 6.45) is 0. The SMILES string of the molecule is O=S(=O)(CCCl)N(CCO)CCO. The van der Waals surface area contributed by atoms with E-state index >= 15 is 0 Å². The van der Waals surface area contributed by atoms with Crippen molar-refractivity contribution in [3.8, 4) is 0 Å². The van der Waals surface area contributed by atoms with Gasteiger partial charge in [-0.05, 0) is 0 Å². The first-order chi connectivity index (χ1) is 6.08. The molecule has 0 heterocycles. The van der Waals surface area contributed by atoms with E-state index in [2.05, 4.69) is 0 Å². The predicted molar refractivity (Wildman–Crippen MR) is 50.3 cm³/mol. The van der Waals surface area contributed by atoms with E-state index in [9.17, 15) is 8.42 Å². The number of alkyl halides is 1. The van der Waals surface area contributed by atoms with Gasteiger partial charge in [-0.15, -0.1) is 11.6 Å². The van der Waals surface area contributed by atoms with Crippen LogP contribution in [0.5, 0.6) is 0 Å². The molecule has 7 heteroatoms. The molecule has 5 nitrogen and oxygen atoms in total. The highest BCUT2D eigenvalue weighted by Crippen LogP contribution is 2.01. The second-order valence-electron chi connectivity index (χ2n) is 2.35. The summed E-state index contributed by atoms with van der Waals surface area (Å²) in [5.41, 5.74) is 0. The number of hydrogen-bond acceptors (Lipinski definition) is 4. The van der Waals surface area contributed by atoms with Gasteiger partial charge in [-0.3, -0.25) is 0 Å². The van der Waals surface area contributed by atoms with E-state index in [1.807, 2.05) is 0 Å². The molecule has 0 aromatic heterocycles. The van der Waals surface area contributed by atoms with Gasteiger partial charge < -0.3 is 10.2 Å². The molecule has 0 aliphatic carbocycles. The zero-order chi connectivity index (χ0) is 10.3. The Kier molecular flexibility index (Phi) is 6.62. The first kappa shape index (κ1) is 13.1. The number of sulfonamides is 1. The molecule has 0 spiro atoms. The van der Waals surface area contributed by atoms with Gasteiger partial charge in [0.2, 0.25) is 10.0 Å². The van der Waals surface area contributed by atoms with Crippen LogP contribution in [-0.4, -0.2) is 60.9 Å². The maximum atomic E-state index is 11.3. The summed E-state index contributed by atoms with van der Waals surface area (Å²) < 4.78 is 23.7. The lowest BCUT2D eigenvalue weighted by Gasteiger charge is -2.19. The van der Waals surface area contributed by atoms with Crippen LogP contribution in [-0.2, 0) is 10.0 Å². The van der Waals surface area contributed by atoms with Crippen LogP contribution in [0.3, 0.4) is 0 Å². The maximum absolute atomic E-state index is 11.3. The predicted octanol–water partition coefficient (Wildman–Crippen LogP) is -1.16. The normalized spacial score (nSPS) is 12.3. The second-order valence-corrected chi connectivity index (χ2v) is 4.82. The van der Waals surface area contributed by atoms with E-state index < -0.39 is 10.0 Å². The Morgan fingerprint density at radius 1 is 1.15 bits per heavy atom. The topological polar surface area (TPSA) is 77.8 Å². The average Bonchev–Trinajstić information content (AvgIpc) is 2.04. The van der Waals surface area contributed by atoms with Crippen LogP contribution in [0.25, 0.3) is 0 Å². The molecule has 0 saturated heterocycles. The minimum atomic E-state index is -3.42. The largest absolute Gasteiger partial charge is 0.395 e. The summed E-state index contributed by atoms with van der Waals surface area (Å²) in [4.78, 5) is 0. The van der Waals surface area contributed by atoms with Crippen molar-refractivity contribution in [1.29, 1.82) is 0 Å². The van der Waals surface area contributed by atoms with Crippen LogP contribution < -0.4 is 0 Å². The van der Waals surface area contributed by atoms with Gasteiger partial charge in [0, 0.05) is 19.0 Å². The summed E-state index contributed by atoms with van der Waals surface area (Å²) in [5, 5.41) is 17.1. The molecule has 0 rings (SSSR count). The average molecular weight is 232 g/mol. The Morgan fingerprint density at radius 2 is 1.62 bits per heavy atom. The number of aliphatic hydroxyl groups excluding tert-OH is 2. The van der Waals surface area contributed by atoms with Crippen molar-refractivity contribution in [1.82, 2.24) is 4.31 Å². The number of nitrogens with zero attached hydrogens (tertiary/aromatic N) is 1. The lowest BCUT2D eigenvalue weighted by atomic mass is 10.6. The summed E-state index contributed by atoms with van der Waals surface area (Å²) in [7, 11) is -3.42. The molecule has 2 N–H and O–H groups in total. The van der Waals surface area contributed by atoms with Gasteiger partial charge in [-0.1, -0.05) is 0 Å². The van der Waals surface area contributed by atoms with Gasteiger partial charge in [0.25, 0.3) is 0 Å². The summed E-state index contributed by atoms with van der Waals surface area (Å²) in [6, 6.07) is 0. The fourth-order valence-electron chi connectivity index (χ4n) is 0.840. The Labute approximate surface area is 83.0 Å². The molecule has 0 aromatic carbocycles. The zero-order valence-corrected chi connectivity index (χ0v) is 8.76. The minimum Gasteiger partial charge on any atom is -0.395 e. The van der Waals surface area contributed by atoms with E-state index in [1.54, 1.807) is 0 Å². The molecule has 0 aliphatic heterocycles. The number of halogens is 1. The number of rotatable bonds is 7. The Bertz CT molecular complexity index is 213. The van der Waals surface area contributed by atoms with Crippen molar-refractivity contribution in [2.24, 2.45) is 0 Å². The molecule has 0 radical (unpaired) electrons. The van der Waals surface area contributed by atoms with Crippen molar-refractivity contribution < 1.29 is 18.6 Å². The first-order valence-electron chi connectivity index (χ1n) is 3.84. The van der Waals surface area contributed by atoms with E-state index in [-0.39, 0.29) is 37.9 Å². The quantitative estimate of drug-likeness (QED) is 0.542. The monoisotopic (exact) mass is 231 g/mol. The van der Waals surface area contributed by atoms with Gasteiger partial charge in [-0.25, -0.2) is 8.42 Å². The second kappa shape index (κ2) is 6.56. The highest BCUT2D eigenvalue weighted by molar-refractivity contribution is 7.89. The molecule has 0 bridgehead atoms. The molecule has 0 aliphatic rings. The van der Waals surface area contributed by atoms with E-state index in [0.717, 1.165) is 4.31 Å². The van der Waals surface area contributed by atoms with Gasteiger partial charge in [0.05, 0.1) is 19.0 Å². The molecular weight excluding hydrogens is 218 g/mol. The van der Waals surface area contributed by atoms with Crippen molar-refractivity contribution in [3.05, 3.63) is 0 Å². The molecule has 0 unspecified atom stereocenters. The Balaban J connectivity index is 4.33. The van der Waals surface area contributed by atoms with Crippen molar-refractivity contribution in [3.63, 3.8) is 0 Å². The van der Waals surface area contributed by atoms with Crippen LogP contribution in [0.4, 0.5) is 0 Å². The van der Waals surface area contributed by atoms with Crippen molar-refractivity contribution in [2.75, 3.05) is 37.9 Å². The fraction of sp³-hybridized carbons (Fsp3) is 1.00. The van der Waals surface area contributed by atoms with Crippen LogP contribution in [0.2, 0.25) is 0 Å². The third kappa shape index (κ3) is 4.78. The Hall–Kier alpha value is 0.120. The third-order valence-electron chi connectivity index (χ3n) is 1.43. The maximum Gasteiger partial charge on any atom is 0.215 e. The van der Waals surface area contributed by atoms with Gasteiger partial charge in [-0.2, -0.15) is 4.31 Å². The van der Waals surface area contributed by atoms with Crippen LogP contribution >= 0.6 is 11.6 Å².